The van der Waals surface area contributed by atoms with Crippen molar-refractivity contribution < 1.29 is 28.9 Å². The minimum absolute atomic E-state index is 0.0763. The topological polar surface area (TPSA) is 131 Å². The molecule has 34 heavy (non-hydrogen) atoms. The van der Waals surface area contributed by atoms with Crippen LogP contribution in [0.3, 0.4) is 0 Å². The van der Waals surface area contributed by atoms with Gasteiger partial charge >= 0.3 is 12.1 Å². The van der Waals surface area contributed by atoms with Crippen LogP contribution in [0.15, 0.2) is 35.1 Å². The Kier molecular flexibility index (Phi) is 8.64. The molecule has 3 rings (SSSR count). The molecule has 0 bridgehead atoms. The van der Waals surface area contributed by atoms with Crippen LogP contribution < -0.4 is 5.56 Å². The minimum Gasteiger partial charge on any atom is -0.501 e. The molecule has 10 nitrogen and oxygen atoms in total. The average molecular weight is 474 g/mol. The van der Waals surface area contributed by atoms with Crippen LogP contribution in [0.25, 0.3) is 0 Å². The first-order chi connectivity index (χ1) is 16.4. The predicted octanol–water partition coefficient (Wildman–Crippen LogP) is 2.75. The number of esters is 1. The Labute approximate surface area is 197 Å². The zero-order chi connectivity index (χ0) is 24.6. The number of benzene rings is 1. The number of hydrogen-bond acceptors (Lipinski definition) is 8. The van der Waals surface area contributed by atoms with Crippen LogP contribution in [0, 0.1) is 0 Å². The molecule has 0 saturated carbocycles. The number of aromatic amines is 1. The van der Waals surface area contributed by atoms with Crippen molar-refractivity contribution in [2.45, 2.75) is 45.1 Å². The third-order valence-electron chi connectivity index (χ3n) is 5.78. The van der Waals surface area contributed by atoms with E-state index in [9.17, 15) is 19.5 Å². The van der Waals surface area contributed by atoms with E-state index < -0.39 is 34.5 Å². The second-order valence-electron chi connectivity index (χ2n) is 8.19. The van der Waals surface area contributed by atoms with Gasteiger partial charge in [-0.1, -0.05) is 37.3 Å². The fraction of sp³-hybridized carbons (Fsp3) is 0.500. The molecule has 2 N–H and O–H groups in total. The van der Waals surface area contributed by atoms with Gasteiger partial charge in [-0.15, -0.1) is 0 Å². The van der Waals surface area contributed by atoms with Crippen LogP contribution in [0.4, 0.5) is 4.79 Å². The van der Waals surface area contributed by atoms with Crippen LogP contribution in [-0.4, -0.2) is 64.9 Å². The van der Waals surface area contributed by atoms with Gasteiger partial charge in [-0.25, -0.2) is 14.6 Å². The highest BCUT2D eigenvalue weighted by atomic mass is 16.6. The molecule has 2 aromatic rings. The highest BCUT2D eigenvalue weighted by molar-refractivity contribution is 5.89. The molecule has 0 atom stereocenters. The number of H-pyrrole nitrogens is 1. The number of nitrogens with zero attached hydrogens (tertiary/aromatic N) is 2. The van der Waals surface area contributed by atoms with E-state index in [-0.39, 0.29) is 25.6 Å². The highest BCUT2D eigenvalue weighted by Gasteiger charge is 2.41. The molecule has 1 aliphatic rings. The number of carbonyl (C=O) groups is 2. The summed E-state index contributed by atoms with van der Waals surface area (Å²) in [5.74, 6) is -1.43. The fourth-order valence-corrected chi connectivity index (χ4v) is 3.85. The Hall–Kier alpha value is -3.40. The van der Waals surface area contributed by atoms with Gasteiger partial charge in [0.2, 0.25) is 5.75 Å². The largest absolute Gasteiger partial charge is 0.501 e. The molecule has 0 radical (unpaired) electrons. The van der Waals surface area contributed by atoms with Crippen molar-refractivity contribution >= 4 is 12.1 Å². The molecule has 1 aromatic heterocycles. The number of aromatic hydroxyl groups is 1. The quantitative estimate of drug-likeness (QED) is 0.420. The van der Waals surface area contributed by atoms with E-state index in [2.05, 4.69) is 9.97 Å². The van der Waals surface area contributed by atoms with Crippen LogP contribution in [0.2, 0.25) is 0 Å². The molecule has 0 unspecified atom stereocenters. The molecule has 1 aliphatic heterocycles. The van der Waals surface area contributed by atoms with Crippen molar-refractivity contribution in [2.75, 3.05) is 32.9 Å². The first-order valence-corrected chi connectivity index (χ1v) is 11.4. The molecule has 184 valence electrons. The van der Waals surface area contributed by atoms with Gasteiger partial charge in [0, 0.05) is 19.7 Å². The molecule has 0 spiro atoms. The zero-order valence-corrected chi connectivity index (χ0v) is 19.5. The van der Waals surface area contributed by atoms with E-state index >= 15 is 0 Å². The number of carbonyl (C=O) groups excluding carboxylic acids is 2. The summed E-state index contributed by atoms with van der Waals surface area (Å²) in [5, 5.41) is 10.1. The molecule has 10 heteroatoms. The molecule has 1 saturated heterocycles. The Morgan fingerprint density at radius 2 is 1.85 bits per heavy atom. The lowest BCUT2D eigenvalue weighted by Crippen LogP contribution is -2.49. The standard InChI is InChI=1S/C24H31N3O7/c1-3-14-32-16-24(22-25-18(21(30)33-4-2)19(28)20(29)26-22)10-12-27(13-11-24)23(31)34-15-17-8-6-5-7-9-17/h5-9,28H,3-4,10-16H2,1-2H3,(H,25,26,29). The van der Waals surface area contributed by atoms with E-state index in [0.717, 1.165) is 12.0 Å². The van der Waals surface area contributed by atoms with Gasteiger partial charge in [-0.3, -0.25) is 4.79 Å². The maximum Gasteiger partial charge on any atom is 0.410 e. The molecular formula is C24H31N3O7. The summed E-state index contributed by atoms with van der Waals surface area (Å²) in [6.07, 6.45) is 1.23. The van der Waals surface area contributed by atoms with Gasteiger partial charge in [0.25, 0.3) is 5.56 Å². The highest BCUT2D eigenvalue weighted by Crippen LogP contribution is 2.34. The number of rotatable bonds is 9. The van der Waals surface area contributed by atoms with Gasteiger partial charge < -0.3 is 29.2 Å². The van der Waals surface area contributed by atoms with Gasteiger partial charge in [0.15, 0.2) is 5.69 Å². The molecule has 1 fully saturated rings. The lowest BCUT2D eigenvalue weighted by Gasteiger charge is -2.40. The predicted molar refractivity (Wildman–Crippen MR) is 123 cm³/mol. The maximum atomic E-state index is 12.6. The first-order valence-electron chi connectivity index (χ1n) is 11.4. The maximum absolute atomic E-state index is 12.6. The van der Waals surface area contributed by atoms with Crippen LogP contribution in [0.5, 0.6) is 5.75 Å². The van der Waals surface area contributed by atoms with Crippen molar-refractivity contribution in [3.05, 3.63) is 57.8 Å². The summed E-state index contributed by atoms with van der Waals surface area (Å²) in [7, 11) is 0. The molecule has 1 amide bonds. The monoisotopic (exact) mass is 473 g/mol. The van der Waals surface area contributed by atoms with E-state index in [1.165, 1.54) is 0 Å². The Balaban J connectivity index is 1.78. The number of piperidine rings is 1. The van der Waals surface area contributed by atoms with Crippen molar-refractivity contribution in [1.82, 2.24) is 14.9 Å². The number of nitrogens with one attached hydrogen (secondary N) is 1. The Morgan fingerprint density at radius 3 is 2.50 bits per heavy atom. The minimum atomic E-state index is -0.876. The second-order valence-corrected chi connectivity index (χ2v) is 8.19. The van der Waals surface area contributed by atoms with Gasteiger partial charge in [-0.2, -0.15) is 0 Å². The summed E-state index contributed by atoms with van der Waals surface area (Å²) < 4.78 is 16.2. The van der Waals surface area contributed by atoms with E-state index in [1.807, 2.05) is 37.3 Å². The number of ether oxygens (including phenoxy) is 3. The second kappa shape index (κ2) is 11.6. The van der Waals surface area contributed by atoms with Gasteiger partial charge in [0.05, 0.1) is 18.6 Å². The summed E-state index contributed by atoms with van der Waals surface area (Å²) >= 11 is 0. The summed E-state index contributed by atoms with van der Waals surface area (Å²) in [5.41, 5.74) is -1.11. The third kappa shape index (κ3) is 5.93. The van der Waals surface area contributed by atoms with Crippen molar-refractivity contribution in [2.24, 2.45) is 0 Å². The van der Waals surface area contributed by atoms with Gasteiger partial charge in [-0.05, 0) is 31.7 Å². The lowest BCUT2D eigenvalue weighted by atomic mass is 9.78. The first kappa shape index (κ1) is 25.2. The van der Waals surface area contributed by atoms with Crippen molar-refractivity contribution in [1.29, 1.82) is 0 Å². The number of aromatic nitrogens is 2. The van der Waals surface area contributed by atoms with Crippen molar-refractivity contribution in [3.8, 4) is 5.75 Å². The summed E-state index contributed by atoms with van der Waals surface area (Å²) in [6, 6.07) is 9.42. The number of hydrogen-bond donors (Lipinski definition) is 2. The molecule has 1 aromatic carbocycles. The van der Waals surface area contributed by atoms with E-state index in [0.29, 0.717) is 32.5 Å². The zero-order valence-electron chi connectivity index (χ0n) is 19.5. The molecule has 2 heterocycles. The average Bonchev–Trinajstić information content (AvgIpc) is 2.85. The van der Waals surface area contributed by atoms with Crippen LogP contribution in [-0.2, 0) is 26.2 Å². The third-order valence-corrected chi connectivity index (χ3v) is 5.78. The Bertz CT molecular complexity index is 1030. The van der Waals surface area contributed by atoms with Crippen molar-refractivity contribution in [3.63, 3.8) is 0 Å². The lowest BCUT2D eigenvalue weighted by molar-refractivity contribution is 0.0325. The SMILES string of the molecule is CCCOCC1(c2nc(C(=O)OCC)c(O)c(=O)[nH]2)CCN(C(=O)OCc2ccccc2)CC1. The normalized spacial score (nSPS) is 15.1. The summed E-state index contributed by atoms with van der Waals surface area (Å²) in [4.78, 5) is 45.7. The number of amides is 1. The van der Waals surface area contributed by atoms with Crippen LogP contribution >= 0.6 is 0 Å². The molecular weight excluding hydrogens is 442 g/mol. The molecule has 0 aliphatic carbocycles. The van der Waals surface area contributed by atoms with Crippen LogP contribution in [0.1, 0.15) is 55.0 Å². The van der Waals surface area contributed by atoms with E-state index in [1.54, 1.807) is 11.8 Å². The fourth-order valence-electron chi connectivity index (χ4n) is 3.85. The smallest absolute Gasteiger partial charge is 0.410 e. The summed E-state index contributed by atoms with van der Waals surface area (Å²) in [6.45, 7) is 5.31. The van der Waals surface area contributed by atoms with E-state index in [4.69, 9.17) is 14.2 Å². The number of likely N-dealkylation sites (tertiary alicyclic amines) is 1. The van der Waals surface area contributed by atoms with Gasteiger partial charge in [0.1, 0.15) is 12.4 Å². The Morgan fingerprint density at radius 1 is 1.15 bits per heavy atom.